The van der Waals surface area contributed by atoms with E-state index >= 15 is 8.78 Å². The summed E-state index contributed by atoms with van der Waals surface area (Å²) in [4.78, 5) is 104. The largest absolute Gasteiger partial charge is 0.461 e. The number of nitrogens with one attached hydrogen (secondary N) is 2. The molecule has 0 saturated carbocycles. The van der Waals surface area contributed by atoms with Gasteiger partial charge in [-0.05, 0) is 81.0 Å². The van der Waals surface area contributed by atoms with E-state index in [4.69, 9.17) is 25.9 Å². The van der Waals surface area contributed by atoms with E-state index in [-0.39, 0.29) is 89.9 Å². The lowest BCUT2D eigenvalue weighted by Gasteiger charge is -2.39. The van der Waals surface area contributed by atoms with Crippen molar-refractivity contribution in [2.45, 2.75) is 87.5 Å². The van der Waals surface area contributed by atoms with Gasteiger partial charge >= 0.3 is 12.1 Å². The Morgan fingerprint density at radius 2 is 1.61 bits per heavy atom. The monoisotopic (exact) mass is 1090 g/mol. The van der Waals surface area contributed by atoms with Gasteiger partial charge in [-0.2, -0.15) is 9.97 Å². The number of fused-ring (bicyclic) bond motifs is 6. The van der Waals surface area contributed by atoms with E-state index in [9.17, 15) is 28.8 Å². The maximum Gasteiger partial charge on any atom is 0.409 e. The number of imide groups is 2. The molecule has 5 atom stereocenters. The summed E-state index contributed by atoms with van der Waals surface area (Å²) in [6.07, 6.45) is 12.4. The summed E-state index contributed by atoms with van der Waals surface area (Å²) in [6, 6.07) is 12.6. The van der Waals surface area contributed by atoms with Crippen molar-refractivity contribution in [1.29, 1.82) is 0 Å². The van der Waals surface area contributed by atoms with Gasteiger partial charge < -0.3 is 34.4 Å². The van der Waals surface area contributed by atoms with Crippen molar-refractivity contribution in [1.82, 2.24) is 45.2 Å². The number of pyridine rings is 1. The van der Waals surface area contributed by atoms with Gasteiger partial charge in [-0.3, -0.25) is 44.1 Å². The Morgan fingerprint density at radius 1 is 0.850 bits per heavy atom. The molecule has 7 fully saturated rings. The number of amides is 6. The molecule has 6 amide bonds. The highest BCUT2D eigenvalue weighted by molar-refractivity contribution is 6.23. The van der Waals surface area contributed by atoms with Gasteiger partial charge in [-0.1, -0.05) is 42.3 Å². The van der Waals surface area contributed by atoms with E-state index in [1.165, 1.54) is 6.07 Å². The molecule has 7 saturated heterocycles. The third-order valence-corrected chi connectivity index (χ3v) is 17.9. The Bertz CT molecular complexity index is 3510. The quantitative estimate of drug-likeness (QED) is 0.105. The van der Waals surface area contributed by atoms with E-state index in [1.54, 1.807) is 53.6 Å². The van der Waals surface area contributed by atoms with Gasteiger partial charge in [0.15, 0.2) is 5.82 Å². The number of anilines is 2. The molecule has 13 rings (SSSR count). The predicted molar refractivity (Wildman–Crippen MR) is 290 cm³/mol. The molecule has 10 heterocycles. The molecule has 19 nitrogen and oxygen atoms in total. The summed E-state index contributed by atoms with van der Waals surface area (Å²) in [7, 11) is 0. The number of halogens is 2. The summed E-state index contributed by atoms with van der Waals surface area (Å²) in [5.74, 6) is -0.698. The van der Waals surface area contributed by atoms with Crippen LogP contribution in [0.1, 0.15) is 84.1 Å². The third kappa shape index (κ3) is 8.92. The van der Waals surface area contributed by atoms with E-state index in [0.717, 1.165) is 41.8 Å². The van der Waals surface area contributed by atoms with Crippen molar-refractivity contribution in [3.8, 4) is 29.6 Å². The van der Waals surface area contributed by atoms with Gasteiger partial charge in [0.05, 0.1) is 27.6 Å². The second-order valence-corrected chi connectivity index (χ2v) is 22.6. The number of rotatable bonds is 10. The van der Waals surface area contributed by atoms with Crippen LogP contribution in [-0.2, 0) is 19.1 Å². The Labute approximate surface area is 459 Å². The number of terminal acetylenes is 1. The topological polar surface area (TPSA) is 203 Å². The number of hydrogen-bond donors (Lipinski definition) is 2. The summed E-state index contributed by atoms with van der Waals surface area (Å²) in [6.45, 7) is 9.14. The number of carbonyl (C=O) groups is 6. The average molecular weight is 1090 g/mol. The molecule has 21 heteroatoms. The van der Waals surface area contributed by atoms with Crippen molar-refractivity contribution in [3.63, 3.8) is 0 Å². The molecular weight excluding hydrogens is 1030 g/mol. The summed E-state index contributed by atoms with van der Waals surface area (Å²) >= 11 is 0. The zero-order valence-corrected chi connectivity index (χ0v) is 44.1. The van der Waals surface area contributed by atoms with Crippen molar-refractivity contribution in [3.05, 3.63) is 95.2 Å². The SMILES string of the molecule is C#Cc1c(F)ccc2cccc(-c3ncc4c(N5C[C@H]6CC[C@@H](C5)N6)nc(OC[C@@]56CC[C@@H](COC(=O)N7CCN(C(=O)C8CCN(c9ccc%10c(c9)C(=O)N(C9CCC(=O)NC9=O)C%10=O)CC8)CC7)N5CC(=C)C6)nc4c3F)c12. The number of aromatic nitrogens is 3. The fraction of sp³-hybridized carbons (Fsp3) is 0.441. The van der Waals surface area contributed by atoms with Gasteiger partial charge in [0.25, 0.3) is 11.8 Å². The summed E-state index contributed by atoms with van der Waals surface area (Å²) in [5.41, 5.74) is 2.07. The smallest absolute Gasteiger partial charge is 0.409 e. The Morgan fingerprint density at radius 3 is 2.38 bits per heavy atom. The zero-order chi connectivity index (χ0) is 55.1. The Balaban J connectivity index is 0.633. The van der Waals surface area contributed by atoms with E-state index in [1.807, 2.05) is 4.90 Å². The Hall–Kier alpha value is -8.09. The molecule has 8 aliphatic rings. The number of hydrogen-bond acceptors (Lipinski definition) is 15. The van der Waals surface area contributed by atoms with Crippen LogP contribution in [0.25, 0.3) is 32.9 Å². The maximum atomic E-state index is 17.3. The van der Waals surface area contributed by atoms with E-state index < -0.39 is 52.9 Å². The van der Waals surface area contributed by atoms with Gasteiger partial charge in [0.2, 0.25) is 17.7 Å². The molecular formula is C59H59F2N11O8. The van der Waals surface area contributed by atoms with Crippen LogP contribution in [-0.4, -0.2) is 172 Å². The number of nitrogens with zero attached hydrogens (tertiary/aromatic N) is 9. The first-order chi connectivity index (χ1) is 38.7. The number of benzene rings is 3. The normalized spacial score (nSPS) is 25.2. The van der Waals surface area contributed by atoms with Crippen LogP contribution in [0.5, 0.6) is 6.01 Å². The number of ether oxygens (including phenoxy) is 2. The van der Waals surface area contributed by atoms with Gasteiger partial charge in [-0.25, -0.2) is 13.6 Å². The highest BCUT2D eigenvalue weighted by Gasteiger charge is 2.52. The number of piperidine rings is 2. The molecule has 0 spiro atoms. The van der Waals surface area contributed by atoms with Crippen LogP contribution >= 0.6 is 0 Å². The molecule has 2 aromatic heterocycles. The number of carbonyl (C=O) groups excluding carboxylic acids is 6. The lowest BCUT2D eigenvalue weighted by molar-refractivity contribution is -0.138. The fourth-order valence-electron chi connectivity index (χ4n) is 13.8. The molecule has 0 radical (unpaired) electrons. The molecule has 2 bridgehead atoms. The van der Waals surface area contributed by atoms with Gasteiger partial charge in [-0.15, -0.1) is 6.42 Å². The zero-order valence-electron chi connectivity index (χ0n) is 44.1. The van der Waals surface area contributed by atoms with Crippen LogP contribution in [0.3, 0.4) is 0 Å². The number of piperazine rings is 2. The van der Waals surface area contributed by atoms with Crippen LogP contribution in [0.4, 0.5) is 25.1 Å². The average Bonchev–Trinajstić information content (AvgIpc) is 4.25. The van der Waals surface area contributed by atoms with Crippen molar-refractivity contribution in [2.24, 2.45) is 5.92 Å². The van der Waals surface area contributed by atoms with Crippen molar-refractivity contribution in [2.75, 3.05) is 81.9 Å². The lowest BCUT2D eigenvalue weighted by Crippen LogP contribution is -2.54. The van der Waals surface area contributed by atoms with Crippen LogP contribution < -0.4 is 25.2 Å². The van der Waals surface area contributed by atoms with E-state index in [2.05, 4.69) is 42.8 Å². The molecule has 0 aliphatic carbocycles. The lowest BCUT2D eigenvalue weighted by atomic mass is 9.94. The van der Waals surface area contributed by atoms with Gasteiger partial charge in [0.1, 0.15) is 42.1 Å². The fourth-order valence-corrected chi connectivity index (χ4v) is 13.8. The molecule has 3 aromatic carbocycles. The van der Waals surface area contributed by atoms with Crippen molar-refractivity contribution >= 4 is 68.8 Å². The summed E-state index contributed by atoms with van der Waals surface area (Å²) < 4.78 is 44.9. The molecule has 1 unspecified atom stereocenters. The van der Waals surface area contributed by atoms with Crippen LogP contribution in [0.15, 0.2) is 66.9 Å². The van der Waals surface area contributed by atoms with Gasteiger partial charge in [0, 0.05) is 112 Å². The first-order valence-corrected chi connectivity index (χ1v) is 27.7. The van der Waals surface area contributed by atoms with Crippen LogP contribution in [0, 0.1) is 29.9 Å². The summed E-state index contributed by atoms with van der Waals surface area (Å²) in [5, 5.41) is 7.34. The minimum absolute atomic E-state index is 0.0173. The molecule has 80 heavy (non-hydrogen) atoms. The minimum atomic E-state index is -1.04. The van der Waals surface area contributed by atoms with Crippen LogP contribution in [0.2, 0.25) is 0 Å². The third-order valence-electron chi connectivity index (χ3n) is 17.9. The highest BCUT2D eigenvalue weighted by Crippen LogP contribution is 2.45. The second-order valence-electron chi connectivity index (χ2n) is 22.6. The molecule has 8 aliphatic heterocycles. The second kappa shape index (κ2) is 20.2. The van der Waals surface area contributed by atoms with Crippen molar-refractivity contribution < 1.29 is 47.0 Å². The predicted octanol–water partition coefficient (Wildman–Crippen LogP) is 5.19. The molecule has 5 aromatic rings. The molecule has 412 valence electrons. The first-order valence-electron chi connectivity index (χ1n) is 27.7. The highest BCUT2D eigenvalue weighted by atomic mass is 19.1. The Kier molecular flexibility index (Phi) is 13.0. The molecule has 2 N–H and O–H groups in total. The maximum absolute atomic E-state index is 17.3. The standard InChI is InChI=1S/C59H59F2N11O8/c1-3-40-45(60)12-7-34-5-4-6-42(48(34)40)50-49(61)51-44(27-62-50)52(70-29-36-8-9-37(30-70)63-36)66-57(65-51)80-32-59-18-15-39(71(59)28-33(2)26-59)31-79-58(78)69-23-21-68(22-24-69)54(75)35-16-19-67(20-17-35)38-10-11-41-43(25-38)56(77)72(55(41)76)46-13-14-47(73)64-53(46)74/h1,4-7,10-12,25,27,35-37,39,46,63H,2,8-9,13-24,26,28-32H2,(H,64,73,74)/t36-,37+,39-,46?,59-/m0/s1. The minimum Gasteiger partial charge on any atom is -0.461 e. The first kappa shape index (κ1) is 51.4. The van der Waals surface area contributed by atoms with E-state index in [0.29, 0.717) is 106 Å².